The quantitative estimate of drug-likeness (QED) is 0.468. The number of benzene rings is 2. The highest BCUT2D eigenvalue weighted by Crippen LogP contribution is 2.24. The lowest BCUT2D eigenvalue weighted by atomic mass is 10.0. The maximum absolute atomic E-state index is 12.4. The number of aliphatic carboxylic acids is 1. The summed E-state index contributed by atoms with van der Waals surface area (Å²) in [5.74, 6) is -0.419. The molecule has 2 aromatic carbocycles. The minimum atomic E-state index is -1.34. The molecule has 1 amide bonds. The molecule has 0 spiro atoms. The first-order chi connectivity index (χ1) is 15.4. The van der Waals surface area contributed by atoms with Crippen LogP contribution in [-0.2, 0) is 21.8 Å². The van der Waals surface area contributed by atoms with Crippen LogP contribution in [0, 0.1) is 6.92 Å². The number of methoxy groups -OCH3 is 1. The summed E-state index contributed by atoms with van der Waals surface area (Å²) in [4.78, 5) is 36.2. The van der Waals surface area contributed by atoms with E-state index in [0.29, 0.717) is 22.6 Å². The van der Waals surface area contributed by atoms with Crippen LogP contribution in [0.4, 0.5) is 0 Å². The Bertz CT molecular complexity index is 1160. The zero-order valence-electron chi connectivity index (χ0n) is 17.9. The first-order valence-electron chi connectivity index (χ1n) is 10.1. The third kappa shape index (κ3) is 5.91. The molecule has 0 aliphatic carbocycles. The van der Waals surface area contributed by atoms with Gasteiger partial charge in [-0.2, -0.15) is 11.8 Å². The highest BCUT2D eigenvalue weighted by Gasteiger charge is 2.17. The summed E-state index contributed by atoms with van der Waals surface area (Å²) < 4.78 is 10.5. The van der Waals surface area contributed by atoms with E-state index in [2.05, 4.69) is 5.32 Å². The van der Waals surface area contributed by atoms with Crippen molar-refractivity contribution in [2.45, 2.75) is 31.6 Å². The van der Waals surface area contributed by atoms with E-state index in [4.69, 9.17) is 9.15 Å². The van der Waals surface area contributed by atoms with Crippen LogP contribution in [0.15, 0.2) is 57.7 Å². The zero-order chi connectivity index (χ0) is 23.1. The van der Waals surface area contributed by atoms with Crippen LogP contribution in [-0.4, -0.2) is 30.8 Å². The number of rotatable bonds is 10. The van der Waals surface area contributed by atoms with Crippen LogP contribution in [0.1, 0.15) is 23.1 Å². The maximum Gasteiger partial charge on any atom is 0.339 e. The number of thioether (sulfide) groups is 1. The van der Waals surface area contributed by atoms with Gasteiger partial charge in [-0.1, -0.05) is 30.3 Å². The lowest BCUT2D eigenvalue weighted by Gasteiger charge is -2.19. The van der Waals surface area contributed by atoms with E-state index >= 15 is 0 Å². The van der Waals surface area contributed by atoms with E-state index in [9.17, 15) is 19.5 Å². The summed E-state index contributed by atoms with van der Waals surface area (Å²) in [6.45, 7) is 1.79. The molecule has 0 fully saturated rings. The van der Waals surface area contributed by atoms with Gasteiger partial charge in [0.25, 0.3) is 0 Å². The maximum atomic E-state index is 12.4. The number of fused-ring (bicyclic) bond motifs is 1. The molecule has 0 radical (unpaired) electrons. The number of nitrogens with one attached hydrogen (secondary N) is 1. The lowest BCUT2D eigenvalue weighted by molar-refractivity contribution is -0.307. The first-order valence-corrected chi connectivity index (χ1v) is 11.3. The van der Waals surface area contributed by atoms with Crippen LogP contribution in [0.2, 0.25) is 0 Å². The SMILES string of the molecule is COc1ccc2c(C)c(CCC(=O)N[C@@H](CSCc3ccccc3)C(=O)[O-])c(=O)oc2c1. The summed E-state index contributed by atoms with van der Waals surface area (Å²) in [5, 5.41) is 14.7. The fourth-order valence-electron chi connectivity index (χ4n) is 3.33. The van der Waals surface area contributed by atoms with Crippen molar-refractivity contribution in [3.63, 3.8) is 0 Å². The molecule has 1 atom stereocenters. The second-order valence-electron chi connectivity index (χ2n) is 7.30. The van der Waals surface area contributed by atoms with Crippen molar-refractivity contribution in [1.29, 1.82) is 0 Å². The highest BCUT2D eigenvalue weighted by atomic mass is 32.2. The molecule has 1 heterocycles. The number of carboxylic acid groups (broad SMARTS) is 1. The Morgan fingerprint density at radius 2 is 1.94 bits per heavy atom. The van der Waals surface area contributed by atoms with Crippen LogP contribution in [0.25, 0.3) is 11.0 Å². The third-order valence-corrected chi connectivity index (χ3v) is 6.22. The second-order valence-corrected chi connectivity index (χ2v) is 8.33. The van der Waals surface area contributed by atoms with E-state index < -0.39 is 23.5 Å². The van der Waals surface area contributed by atoms with Gasteiger partial charge in [-0.3, -0.25) is 4.79 Å². The normalized spacial score (nSPS) is 11.8. The molecule has 8 heteroatoms. The van der Waals surface area contributed by atoms with Crippen molar-refractivity contribution < 1.29 is 23.8 Å². The van der Waals surface area contributed by atoms with Crippen LogP contribution in [0.3, 0.4) is 0 Å². The Hall–Kier alpha value is -3.26. The molecule has 7 nitrogen and oxygen atoms in total. The second kappa shape index (κ2) is 10.9. The molecular formula is C24H24NO6S-. The van der Waals surface area contributed by atoms with Gasteiger partial charge in [0.2, 0.25) is 5.91 Å². The molecule has 168 valence electrons. The van der Waals surface area contributed by atoms with Crippen LogP contribution in [0.5, 0.6) is 5.75 Å². The molecule has 1 aromatic heterocycles. The fourth-order valence-corrected chi connectivity index (χ4v) is 4.33. The summed E-state index contributed by atoms with van der Waals surface area (Å²) >= 11 is 1.40. The Morgan fingerprint density at radius 3 is 2.62 bits per heavy atom. The molecule has 0 saturated carbocycles. The number of carboxylic acids is 1. The van der Waals surface area contributed by atoms with Gasteiger partial charge in [0, 0.05) is 34.9 Å². The van der Waals surface area contributed by atoms with Gasteiger partial charge >= 0.3 is 5.63 Å². The minimum absolute atomic E-state index is 0.0413. The standard InChI is InChI=1S/C24H25NO6S/c1-15-18-9-8-17(30-2)12-21(18)31-24(29)19(15)10-11-22(26)25-20(23(27)28)14-32-13-16-6-4-3-5-7-16/h3-9,12,20H,10-11,13-14H2,1-2H3,(H,25,26)(H,27,28)/p-1/t20-/m0/s1. The van der Waals surface area contributed by atoms with E-state index in [1.54, 1.807) is 25.1 Å². The van der Waals surface area contributed by atoms with Gasteiger partial charge in [0.05, 0.1) is 19.1 Å². The molecule has 0 saturated heterocycles. The van der Waals surface area contributed by atoms with Crippen molar-refractivity contribution in [3.8, 4) is 5.75 Å². The molecule has 3 aromatic rings. The topological polar surface area (TPSA) is 109 Å². The summed E-state index contributed by atoms with van der Waals surface area (Å²) in [5.41, 5.74) is 2.07. The summed E-state index contributed by atoms with van der Waals surface area (Å²) in [6, 6.07) is 13.7. The van der Waals surface area contributed by atoms with Crippen LogP contribution >= 0.6 is 11.8 Å². The molecule has 0 bridgehead atoms. The Balaban J connectivity index is 1.60. The predicted molar refractivity (Wildman–Crippen MR) is 122 cm³/mol. The van der Waals surface area contributed by atoms with Gasteiger partial charge in [-0.25, -0.2) is 4.79 Å². The number of aryl methyl sites for hydroxylation is 1. The smallest absolute Gasteiger partial charge is 0.339 e. The lowest BCUT2D eigenvalue weighted by Crippen LogP contribution is -2.49. The van der Waals surface area contributed by atoms with E-state index in [-0.39, 0.29) is 18.6 Å². The molecule has 3 rings (SSSR count). The molecule has 1 N–H and O–H groups in total. The summed E-state index contributed by atoms with van der Waals surface area (Å²) in [7, 11) is 1.53. The monoisotopic (exact) mass is 454 g/mol. The van der Waals surface area contributed by atoms with Gasteiger partial charge in [-0.05, 0) is 36.6 Å². The average Bonchev–Trinajstić information content (AvgIpc) is 2.78. The predicted octanol–water partition coefficient (Wildman–Crippen LogP) is 2.21. The van der Waals surface area contributed by atoms with Gasteiger partial charge in [-0.15, -0.1) is 0 Å². The molecular weight excluding hydrogens is 430 g/mol. The minimum Gasteiger partial charge on any atom is -0.548 e. The Kier molecular flexibility index (Phi) is 7.94. The Labute approximate surface area is 189 Å². The number of hydrogen-bond acceptors (Lipinski definition) is 7. The third-order valence-electron chi connectivity index (χ3n) is 5.11. The Morgan fingerprint density at radius 1 is 1.19 bits per heavy atom. The number of ether oxygens (including phenoxy) is 1. The van der Waals surface area contributed by atoms with Crippen molar-refractivity contribution >= 4 is 34.6 Å². The zero-order valence-corrected chi connectivity index (χ0v) is 18.7. The number of amides is 1. The summed E-state index contributed by atoms with van der Waals surface area (Å²) in [6.07, 6.45) is 0.0965. The largest absolute Gasteiger partial charge is 0.548 e. The van der Waals surface area contributed by atoms with E-state index in [1.165, 1.54) is 18.9 Å². The molecule has 0 aliphatic rings. The number of carbonyl (C=O) groups excluding carboxylic acids is 2. The number of hydrogen-bond donors (Lipinski definition) is 1. The molecule has 0 unspecified atom stereocenters. The molecule has 32 heavy (non-hydrogen) atoms. The fraction of sp³-hybridized carbons (Fsp3) is 0.292. The molecule has 0 aliphatic heterocycles. The number of carbonyl (C=O) groups is 2. The van der Waals surface area contributed by atoms with Crippen molar-refractivity contribution in [2.24, 2.45) is 0 Å². The van der Waals surface area contributed by atoms with Gasteiger partial charge in [0.15, 0.2) is 0 Å². The van der Waals surface area contributed by atoms with E-state index in [1.807, 2.05) is 30.3 Å². The van der Waals surface area contributed by atoms with Crippen molar-refractivity contribution in [3.05, 3.63) is 75.6 Å². The van der Waals surface area contributed by atoms with Gasteiger partial charge < -0.3 is 24.4 Å². The van der Waals surface area contributed by atoms with Crippen molar-refractivity contribution in [1.82, 2.24) is 5.32 Å². The average molecular weight is 455 g/mol. The highest BCUT2D eigenvalue weighted by molar-refractivity contribution is 7.98. The van der Waals surface area contributed by atoms with E-state index in [0.717, 1.165) is 16.5 Å². The van der Waals surface area contributed by atoms with Crippen molar-refractivity contribution in [2.75, 3.05) is 12.9 Å². The first kappa shape index (κ1) is 23.4. The van der Waals surface area contributed by atoms with Gasteiger partial charge in [0.1, 0.15) is 11.3 Å². The van der Waals surface area contributed by atoms with Crippen LogP contribution < -0.4 is 20.8 Å².